The van der Waals surface area contributed by atoms with E-state index in [1.54, 1.807) is 17.3 Å². The van der Waals surface area contributed by atoms with Crippen LogP contribution in [0.3, 0.4) is 0 Å². The molecule has 6 nitrogen and oxygen atoms in total. The molecule has 0 aliphatic heterocycles. The van der Waals surface area contributed by atoms with Gasteiger partial charge in [0.25, 0.3) is 0 Å². The molecule has 1 heterocycles. The van der Waals surface area contributed by atoms with Gasteiger partial charge in [-0.2, -0.15) is 0 Å². The third-order valence-corrected chi connectivity index (χ3v) is 2.67. The number of nitrogens with zero attached hydrogens (tertiary/aromatic N) is 3. The summed E-state index contributed by atoms with van der Waals surface area (Å²) in [6.45, 7) is 4.59. The van der Waals surface area contributed by atoms with Crippen molar-refractivity contribution >= 4 is 11.7 Å². The molecule has 1 aromatic rings. The van der Waals surface area contributed by atoms with Crippen LogP contribution in [-0.2, 0) is 11.3 Å². The Morgan fingerprint density at radius 1 is 1.58 bits per heavy atom. The highest BCUT2D eigenvalue weighted by molar-refractivity contribution is 5.81. The summed E-state index contributed by atoms with van der Waals surface area (Å²) >= 11 is 0. The Morgan fingerprint density at radius 2 is 2.32 bits per heavy atom. The normalized spacial score (nSPS) is 11.6. The average Bonchev–Trinajstić information content (AvgIpc) is 2.43. The standard InChI is InChI=1S/C13H20N4O2/c1-10(2)13(18)17(7-5-12(14)16-19)9-11-4-3-6-15-8-11/h3-4,6,8,10,19H,5,7,9H2,1-2H3,(H2,14,16). The Morgan fingerprint density at radius 3 is 2.84 bits per heavy atom. The van der Waals surface area contributed by atoms with Gasteiger partial charge in [-0.15, -0.1) is 0 Å². The van der Waals surface area contributed by atoms with Gasteiger partial charge in [0, 0.05) is 37.8 Å². The van der Waals surface area contributed by atoms with Gasteiger partial charge in [-0.1, -0.05) is 25.1 Å². The molecule has 0 radical (unpaired) electrons. The van der Waals surface area contributed by atoms with Crippen molar-refractivity contribution in [1.29, 1.82) is 0 Å². The first-order valence-electron chi connectivity index (χ1n) is 6.18. The second kappa shape index (κ2) is 7.35. The van der Waals surface area contributed by atoms with Gasteiger partial charge in [0.1, 0.15) is 5.84 Å². The molecule has 0 fully saturated rings. The Labute approximate surface area is 112 Å². The first kappa shape index (κ1) is 14.9. The van der Waals surface area contributed by atoms with Gasteiger partial charge in [0.15, 0.2) is 0 Å². The van der Waals surface area contributed by atoms with Crippen LogP contribution in [0.2, 0.25) is 0 Å². The van der Waals surface area contributed by atoms with E-state index in [1.165, 1.54) is 0 Å². The third-order valence-electron chi connectivity index (χ3n) is 2.67. The first-order valence-corrected chi connectivity index (χ1v) is 6.18. The SMILES string of the molecule is CC(C)C(=O)N(CCC(N)=NO)Cc1cccnc1. The zero-order valence-corrected chi connectivity index (χ0v) is 11.3. The van der Waals surface area contributed by atoms with Gasteiger partial charge in [-0.25, -0.2) is 0 Å². The number of pyridine rings is 1. The summed E-state index contributed by atoms with van der Waals surface area (Å²) in [7, 11) is 0. The Kier molecular flexibility index (Phi) is 5.78. The number of hydrogen-bond acceptors (Lipinski definition) is 4. The molecular formula is C13H20N4O2. The van der Waals surface area contributed by atoms with Gasteiger partial charge >= 0.3 is 0 Å². The van der Waals surface area contributed by atoms with Crippen molar-refractivity contribution < 1.29 is 10.0 Å². The van der Waals surface area contributed by atoms with Gasteiger partial charge in [-0.3, -0.25) is 9.78 Å². The fourth-order valence-corrected chi connectivity index (χ4v) is 1.64. The van der Waals surface area contributed by atoms with Crippen LogP contribution in [0.15, 0.2) is 29.7 Å². The van der Waals surface area contributed by atoms with Crippen molar-refractivity contribution in [1.82, 2.24) is 9.88 Å². The maximum atomic E-state index is 12.1. The molecule has 0 atom stereocenters. The maximum Gasteiger partial charge on any atom is 0.225 e. The summed E-state index contributed by atoms with van der Waals surface area (Å²) in [6, 6.07) is 3.74. The number of aromatic nitrogens is 1. The number of amidine groups is 1. The Hall–Kier alpha value is -2.11. The number of nitrogens with two attached hydrogens (primary N) is 1. The highest BCUT2D eigenvalue weighted by Crippen LogP contribution is 2.08. The van der Waals surface area contributed by atoms with E-state index in [1.807, 2.05) is 26.0 Å². The van der Waals surface area contributed by atoms with Crippen molar-refractivity contribution in [3.63, 3.8) is 0 Å². The highest BCUT2D eigenvalue weighted by Gasteiger charge is 2.17. The summed E-state index contributed by atoms with van der Waals surface area (Å²) in [5, 5.41) is 11.5. The molecule has 1 aromatic heterocycles. The molecule has 104 valence electrons. The molecule has 0 saturated heterocycles. The Bertz CT molecular complexity index is 432. The summed E-state index contributed by atoms with van der Waals surface area (Å²) in [6.07, 6.45) is 3.76. The molecule has 0 unspecified atom stereocenters. The van der Waals surface area contributed by atoms with Crippen LogP contribution in [0.25, 0.3) is 0 Å². The van der Waals surface area contributed by atoms with Gasteiger partial charge < -0.3 is 15.8 Å². The van der Waals surface area contributed by atoms with E-state index in [0.29, 0.717) is 19.5 Å². The molecule has 0 aromatic carbocycles. The van der Waals surface area contributed by atoms with Crippen molar-refractivity contribution in [2.75, 3.05) is 6.54 Å². The van der Waals surface area contributed by atoms with Crippen molar-refractivity contribution in [3.05, 3.63) is 30.1 Å². The summed E-state index contributed by atoms with van der Waals surface area (Å²) in [5.41, 5.74) is 6.40. The van der Waals surface area contributed by atoms with E-state index in [2.05, 4.69) is 10.1 Å². The molecule has 0 bridgehead atoms. The first-order chi connectivity index (χ1) is 9.04. The quantitative estimate of drug-likeness (QED) is 0.349. The van der Waals surface area contributed by atoms with E-state index < -0.39 is 0 Å². The van der Waals surface area contributed by atoms with Crippen molar-refractivity contribution in [3.8, 4) is 0 Å². The monoisotopic (exact) mass is 264 g/mol. The number of hydrogen-bond donors (Lipinski definition) is 2. The topological polar surface area (TPSA) is 91.8 Å². The van der Waals surface area contributed by atoms with Crippen LogP contribution >= 0.6 is 0 Å². The fraction of sp³-hybridized carbons (Fsp3) is 0.462. The molecule has 6 heteroatoms. The van der Waals surface area contributed by atoms with Crippen LogP contribution in [-0.4, -0.2) is 33.4 Å². The molecule has 1 rings (SSSR count). The van der Waals surface area contributed by atoms with E-state index in [9.17, 15) is 4.79 Å². The minimum absolute atomic E-state index is 0.0367. The predicted octanol–water partition coefficient (Wildman–Crippen LogP) is 1.20. The lowest BCUT2D eigenvalue weighted by atomic mass is 10.1. The molecular weight excluding hydrogens is 244 g/mol. The second-order valence-corrected chi connectivity index (χ2v) is 4.62. The minimum Gasteiger partial charge on any atom is -0.409 e. The second-order valence-electron chi connectivity index (χ2n) is 4.62. The third kappa shape index (κ3) is 4.95. The van der Waals surface area contributed by atoms with E-state index in [4.69, 9.17) is 10.9 Å². The lowest BCUT2D eigenvalue weighted by Gasteiger charge is -2.24. The number of amides is 1. The molecule has 1 amide bonds. The average molecular weight is 264 g/mol. The van der Waals surface area contributed by atoms with Crippen LogP contribution in [0.4, 0.5) is 0 Å². The van der Waals surface area contributed by atoms with E-state index in [-0.39, 0.29) is 17.7 Å². The molecule has 0 aliphatic rings. The Balaban J connectivity index is 2.72. The fourth-order valence-electron chi connectivity index (χ4n) is 1.64. The highest BCUT2D eigenvalue weighted by atomic mass is 16.4. The minimum atomic E-state index is -0.0936. The van der Waals surface area contributed by atoms with E-state index in [0.717, 1.165) is 5.56 Å². The van der Waals surface area contributed by atoms with Crippen LogP contribution in [0, 0.1) is 5.92 Å². The molecule has 0 saturated carbocycles. The van der Waals surface area contributed by atoms with Crippen LogP contribution in [0.1, 0.15) is 25.8 Å². The molecule has 19 heavy (non-hydrogen) atoms. The van der Waals surface area contributed by atoms with Crippen LogP contribution in [0.5, 0.6) is 0 Å². The predicted molar refractivity (Wildman–Crippen MR) is 72.5 cm³/mol. The van der Waals surface area contributed by atoms with Crippen LogP contribution < -0.4 is 5.73 Å². The number of carbonyl (C=O) groups is 1. The zero-order valence-electron chi connectivity index (χ0n) is 11.3. The maximum absolute atomic E-state index is 12.1. The number of carbonyl (C=O) groups excluding carboxylic acids is 1. The van der Waals surface area contributed by atoms with Gasteiger partial charge in [0.05, 0.1) is 0 Å². The van der Waals surface area contributed by atoms with E-state index >= 15 is 0 Å². The number of rotatable bonds is 6. The lowest BCUT2D eigenvalue weighted by Crippen LogP contribution is -2.36. The summed E-state index contributed by atoms with van der Waals surface area (Å²) in [5.74, 6) is 0.0614. The number of oxime groups is 1. The molecule has 0 spiro atoms. The van der Waals surface area contributed by atoms with Crippen molar-refractivity contribution in [2.24, 2.45) is 16.8 Å². The van der Waals surface area contributed by atoms with Gasteiger partial charge in [0.2, 0.25) is 5.91 Å². The lowest BCUT2D eigenvalue weighted by molar-refractivity contribution is -0.135. The molecule has 3 N–H and O–H groups in total. The zero-order chi connectivity index (χ0) is 14.3. The molecule has 0 aliphatic carbocycles. The summed E-state index contributed by atoms with van der Waals surface area (Å²) < 4.78 is 0. The largest absolute Gasteiger partial charge is 0.409 e. The van der Waals surface area contributed by atoms with Crippen molar-refractivity contribution in [2.45, 2.75) is 26.8 Å². The summed E-state index contributed by atoms with van der Waals surface area (Å²) in [4.78, 5) is 17.8. The van der Waals surface area contributed by atoms with Gasteiger partial charge in [-0.05, 0) is 11.6 Å². The smallest absolute Gasteiger partial charge is 0.225 e.